The Labute approximate surface area is 205 Å². The quantitative estimate of drug-likeness (QED) is 0.280. The predicted octanol–water partition coefficient (Wildman–Crippen LogP) is 0.592. The number of allylic oxidation sites excluding steroid dienone is 1. The lowest BCUT2D eigenvalue weighted by Gasteiger charge is -2.66. The Hall–Kier alpha value is -1.36. The third-order valence-corrected chi connectivity index (χ3v) is 10.7. The summed E-state index contributed by atoms with van der Waals surface area (Å²) in [7, 11) is 0. The minimum Gasteiger partial charge on any atom is -0.432 e. The van der Waals surface area contributed by atoms with Gasteiger partial charge >= 0.3 is 5.97 Å². The molecule has 4 saturated carbocycles. The molecule has 0 radical (unpaired) electrons. The van der Waals surface area contributed by atoms with Gasteiger partial charge in [-0.2, -0.15) is 0 Å². The van der Waals surface area contributed by atoms with Crippen molar-refractivity contribution >= 4 is 11.8 Å². The number of ketones is 1. The number of fused-ring (bicyclic) bond motifs is 3. The molecular weight excluding hydrogens is 456 g/mol. The van der Waals surface area contributed by atoms with Crippen LogP contribution in [0.5, 0.6) is 0 Å². The number of aliphatic hydroxyl groups excluding tert-OH is 4. The van der Waals surface area contributed by atoms with E-state index in [1.165, 1.54) is 0 Å². The molecule has 0 amide bonds. The lowest BCUT2D eigenvalue weighted by atomic mass is 9.38. The maximum absolute atomic E-state index is 13.7. The van der Waals surface area contributed by atoms with Gasteiger partial charge < -0.3 is 35.0 Å². The Morgan fingerprint density at radius 2 is 1.80 bits per heavy atom. The first-order valence-electron chi connectivity index (χ1n) is 12.8. The number of hydrogen-bond acceptors (Lipinski definition) is 9. The Morgan fingerprint density at radius 3 is 2.49 bits per heavy atom. The van der Waals surface area contributed by atoms with Gasteiger partial charge in [0.1, 0.15) is 24.4 Å². The van der Waals surface area contributed by atoms with Gasteiger partial charge in [-0.3, -0.25) is 9.59 Å². The summed E-state index contributed by atoms with van der Waals surface area (Å²) in [6.07, 6.45) is -2.86. The second-order valence-corrected chi connectivity index (χ2v) is 12.1. The molecule has 35 heavy (non-hydrogen) atoms. The molecule has 1 saturated heterocycles. The Bertz CT molecular complexity index is 934. The van der Waals surface area contributed by atoms with Crippen molar-refractivity contribution in [3.05, 3.63) is 12.2 Å². The number of Topliss-reactive ketones (excluding diaryl/α,β-unsaturated/α-hetero) is 1. The lowest BCUT2D eigenvalue weighted by Crippen LogP contribution is -2.70. The topological polar surface area (TPSA) is 154 Å². The first-order valence-corrected chi connectivity index (χ1v) is 12.8. The molecule has 5 rings (SSSR count). The van der Waals surface area contributed by atoms with E-state index < -0.39 is 65.1 Å². The molecule has 1 heterocycles. The van der Waals surface area contributed by atoms with E-state index in [4.69, 9.17) is 9.47 Å². The van der Waals surface area contributed by atoms with E-state index in [-0.39, 0.29) is 17.6 Å². The fourth-order valence-electron chi connectivity index (χ4n) is 8.69. The second kappa shape index (κ2) is 8.07. The molecule has 0 aromatic carbocycles. The molecule has 11 atom stereocenters. The van der Waals surface area contributed by atoms with Crippen molar-refractivity contribution in [1.29, 1.82) is 0 Å². The monoisotopic (exact) mass is 494 g/mol. The van der Waals surface area contributed by atoms with E-state index in [0.717, 1.165) is 0 Å². The minimum atomic E-state index is -1.67. The Kier molecular flexibility index (Phi) is 5.83. The summed E-state index contributed by atoms with van der Waals surface area (Å²) in [5.74, 6) is -0.782. The predicted molar refractivity (Wildman–Crippen MR) is 122 cm³/mol. The zero-order chi connectivity index (χ0) is 25.6. The van der Waals surface area contributed by atoms with Gasteiger partial charge in [-0.1, -0.05) is 19.9 Å². The van der Waals surface area contributed by atoms with Gasteiger partial charge in [-0.25, -0.2) is 0 Å². The molecule has 0 aromatic rings. The number of aliphatic hydroxyl groups is 5. The number of esters is 1. The fourth-order valence-corrected chi connectivity index (χ4v) is 8.69. The zero-order valence-corrected chi connectivity index (χ0v) is 20.5. The Morgan fingerprint density at radius 1 is 1.09 bits per heavy atom. The zero-order valence-electron chi connectivity index (χ0n) is 20.5. The van der Waals surface area contributed by atoms with E-state index in [2.05, 4.69) is 6.58 Å². The highest BCUT2D eigenvalue weighted by atomic mass is 16.7. The van der Waals surface area contributed by atoms with Crippen molar-refractivity contribution in [2.75, 3.05) is 6.61 Å². The first-order chi connectivity index (χ1) is 16.4. The standard InChI is InChI=1S/C26H38O9/c1-13-14-5-10-26(33)24(3)8-4-7-23(2,16(24)6-9-25(26,11-14)20(13)31)22(32)35-21-19(30)18(29)17(28)15(12-27)34-21/h14-19,21,27-30,33H,1,4-12H2,2-3H3/t14?,15-,16-,17-,18+,19-,21+,23-,24-,25+,26-/m1/s1. The van der Waals surface area contributed by atoms with Crippen LogP contribution in [0.4, 0.5) is 0 Å². The molecule has 196 valence electrons. The molecule has 1 spiro atoms. The van der Waals surface area contributed by atoms with Crippen molar-refractivity contribution in [3.63, 3.8) is 0 Å². The third kappa shape index (κ3) is 3.09. The van der Waals surface area contributed by atoms with Crippen LogP contribution < -0.4 is 0 Å². The first kappa shape index (κ1) is 25.3. The summed E-state index contributed by atoms with van der Waals surface area (Å²) in [6.45, 7) is 7.24. The molecule has 9 nitrogen and oxygen atoms in total. The van der Waals surface area contributed by atoms with Gasteiger partial charge in [0.15, 0.2) is 5.78 Å². The maximum atomic E-state index is 13.7. The summed E-state index contributed by atoms with van der Waals surface area (Å²) in [6, 6.07) is 0. The van der Waals surface area contributed by atoms with Crippen LogP contribution in [0.3, 0.4) is 0 Å². The van der Waals surface area contributed by atoms with Crippen LogP contribution >= 0.6 is 0 Å². The average Bonchev–Trinajstić information content (AvgIpc) is 3.03. The molecular formula is C26H38O9. The molecule has 4 aliphatic carbocycles. The van der Waals surface area contributed by atoms with Gasteiger partial charge in [0, 0.05) is 5.41 Å². The highest BCUT2D eigenvalue weighted by Gasteiger charge is 2.75. The highest BCUT2D eigenvalue weighted by Crippen LogP contribution is 2.73. The fraction of sp³-hybridized carbons (Fsp3) is 0.846. The molecule has 0 aromatic heterocycles. The molecule has 2 bridgehead atoms. The maximum Gasteiger partial charge on any atom is 0.314 e. The number of ether oxygens (including phenoxy) is 2. The van der Waals surface area contributed by atoms with Gasteiger partial charge in [0.05, 0.1) is 23.0 Å². The van der Waals surface area contributed by atoms with Gasteiger partial charge in [-0.05, 0) is 69.3 Å². The molecule has 5 fully saturated rings. The summed E-state index contributed by atoms with van der Waals surface area (Å²) < 4.78 is 11.0. The molecule has 1 aliphatic heterocycles. The van der Waals surface area contributed by atoms with Crippen LogP contribution in [0, 0.1) is 28.1 Å². The van der Waals surface area contributed by atoms with Gasteiger partial charge in [0.25, 0.3) is 0 Å². The van der Waals surface area contributed by atoms with Crippen molar-refractivity contribution in [2.45, 2.75) is 102 Å². The molecule has 1 unspecified atom stereocenters. The van der Waals surface area contributed by atoms with Gasteiger partial charge in [-0.15, -0.1) is 0 Å². The number of hydrogen-bond donors (Lipinski definition) is 5. The molecule has 9 heteroatoms. The van der Waals surface area contributed by atoms with Crippen LogP contribution in [0.2, 0.25) is 0 Å². The summed E-state index contributed by atoms with van der Waals surface area (Å²) in [5, 5.41) is 52.3. The van der Waals surface area contributed by atoms with Crippen molar-refractivity contribution in [3.8, 4) is 0 Å². The summed E-state index contributed by atoms with van der Waals surface area (Å²) in [5.41, 5.74) is -3.18. The van der Waals surface area contributed by atoms with E-state index in [9.17, 15) is 35.1 Å². The van der Waals surface area contributed by atoms with E-state index in [1.54, 1.807) is 0 Å². The van der Waals surface area contributed by atoms with Crippen LogP contribution in [-0.2, 0) is 19.1 Å². The largest absolute Gasteiger partial charge is 0.432 e. The normalized spacial score (nSPS) is 53.6. The molecule has 5 aliphatic rings. The van der Waals surface area contributed by atoms with Crippen LogP contribution in [-0.4, -0.2) is 80.2 Å². The number of carbonyl (C=O) groups excluding carboxylic acids is 2. The summed E-state index contributed by atoms with van der Waals surface area (Å²) >= 11 is 0. The molecule has 5 N–H and O–H groups in total. The van der Waals surface area contributed by atoms with E-state index in [1.807, 2.05) is 13.8 Å². The average molecular weight is 495 g/mol. The van der Waals surface area contributed by atoms with Crippen LogP contribution in [0.25, 0.3) is 0 Å². The Balaban J connectivity index is 1.44. The van der Waals surface area contributed by atoms with Crippen LogP contribution in [0.15, 0.2) is 12.2 Å². The van der Waals surface area contributed by atoms with Crippen molar-refractivity contribution < 1.29 is 44.6 Å². The van der Waals surface area contributed by atoms with Gasteiger partial charge in [0.2, 0.25) is 6.29 Å². The second-order valence-electron chi connectivity index (χ2n) is 12.1. The lowest BCUT2D eigenvalue weighted by molar-refractivity contribution is -0.300. The SMILES string of the molecule is C=C1C(=O)[C@@]23CC[C@@H]4[C@](C)(C(=O)O[C@@H]5O[C@H](CO)[C@@H](O)[C@H](O)[C@H]5O)CCC[C@@]4(C)[C@]2(O)CCC1C3. The number of carbonyl (C=O) groups is 2. The smallest absolute Gasteiger partial charge is 0.314 e. The van der Waals surface area contributed by atoms with E-state index >= 15 is 0 Å². The van der Waals surface area contributed by atoms with E-state index in [0.29, 0.717) is 56.9 Å². The van der Waals surface area contributed by atoms with Crippen molar-refractivity contribution in [1.82, 2.24) is 0 Å². The van der Waals surface area contributed by atoms with Crippen LogP contribution in [0.1, 0.15) is 65.2 Å². The van der Waals surface area contributed by atoms with Crippen molar-refractivity contribution in [2.24, 2.45) is 28.1 Å². The minimum absolute atomic E-state index is 0.0154. The summed E-state index contributed by atoms with van der Waals surface area (Å²) in [4.78, 5) is 27.1. The highest BCUT2D eigenvalue weighted by molar-refractivity contribution is 6.04. The third-order valence-electron chi connectivity index (χ3n) is 10.7. The number of rotatable bonds is 3.